The molecule has 110 valence electrons. The molecule has 1 aromatic rings. The summed E-state index contributed by atoms with van der Waals surface area (Å²) >= 11 is 6.41. The second-order valence-electron chi connectivity index (χ2n) is 4.85. The number of aliphatic carboxylic acids is 1. The van der Waals surface area contributed by atoms with E-state index in [-0.39, 0.29) is 6.42 Å². The van der Waals surface area contributed by atoms with Crippen LogP contribution in [0.2, 0.25) is 5.02 Å². The Morgan fingerprint density at radius 1 is 1.25 bits per heavy atom. The summed E-state index contributed by atoms with van der Waals surface area (Å²) in [5.41, 5.74) is 0.232. The van der Waals surface area contributed by atoms with E-state index in [0.29, 0.717) is 27.8 Å². The molecule has 0 saturated heterocycles. The fourth-order valence-electron chi connectivity index (χ4n) is 2.54. The number of carbonyl (C=O) groups is 1. The lowest BCUT2D eigenvalue weighted by atomic mass is 9.91. The zero-order valence-corrected chi connectivity index (χ0v) is 12.4. The predicted molar refractivity (Wildman–Crippen MR) is 74.3 cm³/mol. The first kappa shape index (κ1) is 14.8. The molecule has 2 rings (SSSR count). The minimum absolute atomic E-state index is 0.0264. The van der Waals surface area contributed by atoms with E-state index in [2.05, 4.69) is 0 Å². The van der Waals surface area contributed by atoms with E-state index >= 15 is 0 Å². The van der Waals surface area contributed by atoms with Gasteiger partial charge in [0.1, 0.15) is 5.75 Å². The van der Waals surface area contributed by atoms with Crippen molar-refractivity contribution in [3.63, 3.8) is 0 Å². The summed E-state index contributed by atoms with van der Waals surface area (Å²) < 4.78 is 15.9. The lowest BCUT2D eigenvalue weighted by molar-refractivity contribution is -0.137. The van der Waals surface area contributed by atoms with Crippen molar-refractivity contribution in [2.24, 2.45) is 0 Å². The molecule has 0 amide bonds. The highest BCUT2D eigenvalue weighted by molar-refractivity contribution is 6.33. The van der Waals surface area contributed by atoms with Crippen molar-refractivity contribution >= 4 is 17.6 Å². The van der Waals surface area contributed by atoms with Crippen molar-refractivity contribution in [2.75, 3.05) is 21.3 Å². The number of carboxylic acid groups (broad SMARTS) is 1. The summed E-state index contributed by atoms with van der Waals surface area (Å²) in [6.45, 7) is 0. The maximum absolute atomic E-state index is 11.1. The Kier molecular flexibility index (Phi) is 3.99. The van der Waals surface area contributed by atoms with Crippen molar-refractivity contribution in [1.29, 1.82) is 0 Å². The molecule has 1 saturated carbocycles. The van der Waals surface area contributed by atoms with E-state index in [4.69, 9.17) is 30.9 Å². The Morgan fingerprint density at radius 2 is 1.85 bits per heavy atom. The van der Waals surface area contributed by atoms with Gasteiger partial charge in [-0.05, 0) is 12.8 Å². The van der Waals surface area contributed by atoms with Crippen molar-refractivity contribution in [2.45, 2.75) is 24.7 Å². The zero-order chi connectivity index (χ0) is 14.9. The molecule has 1 aromatic carbocycles. The van der Waals surface area contributed by atoms with Crippen molar-refractivity contribution in [3.8, 4) is 17.2 Å². The highest BCUT2D eigenvalue weighted by atomic mass is 35.5. The van der Waals surface area contributed by atoms with Crippen LogP contribution in [0.15, 0.2) is 6.07 Å². The lowest BCUT2D eigenvalue weighted by Gasteiger charge is -2.22. The topological polar surface area (TPSA) is 65.0 Å². The van der Waals surface area contributed by atoms with Gasteiger partial charge >= 0.3 is 5.97 Å². The van der Waals surface area contributed by atoms with Crippen molar-refractivity contribution < 1.29 is 24.1 Å². The molecule has 0 aliphatic heterocycles. The molecule has 5 nitrogen and oxygen atoms in total. The monoisotopic (exact) mass is 300 g/mol. The highest BCUT2D eigenvalue weighted by Crippen LogP contribution is 2.59. The summed E-state index contributed by atoms with van der Waals surface area (Å²) in [4.78, 5) is 11.1. The van der Waals surface area contributed by atoms with Gasteiger partial charge in [-0.25, -0.2) is 0 Å². The smallest absolute Gasteiger partial charge is 0.304 e. The van der Waals surface area contributed by atoms with Crippen LogP contribution < -0.4 is 14.2 Å². The van der Waals surface area contributed by atoms with Crippen LogP contribution in [-0.4, -0.2) is 32.4 Å². The number of ether oxygens (including phenoxy) is 3. The molecule has 1 fully saturated rings. The molecular formula is C14H17ClO5. The van der Waals surface area contributed by atoms with E-state index in [9.17, 15) is 4.79 Å². The summed E-state index contributed by atoms with van der Waals surface area (Å²) in [5, 5.41) is 9.46. The number of benzene rings is 1. The summed E-state index contributed by atoms with van der Waals surface area (Å²) in [6, 6.07) is 1.68. The van der Waals surface area contributed by atoms with Crippen LogP contribution >= 0.6 is 11.6 Å². The van der Waals surface area contributed by atoms with E-state index < -0.39 is 11.4 Å². The van der Waals surface area contributed by atoms with Gasteiger partial charge in [0.15, 0.2) is 11.5 Å². The Labute approximate surface area is 122 Å². The summed E-state index contributed by atoms with van der Waals surface area (Å²) in [7, 11) is 4.53. The SMILES string of the molecule is COc1cc(OC)c(C2(CC(=O)O)CC2)c(Cl)c1OC. The second kappa shape index (κ2) is 5.40. The number of rotatable bonds is 6. The lowest BCUT2D eigenvalue weighted by Crippen LogP contribution is -2.15. The normalized spacial score (nSPS) is 15.6. The first-order valence-corrected chi connectivity index (χ1v) is 6.57. The predicted octanol–water partition coefficient (Wildman–Crippen LogP) is 2.87. The standard InChI is InChI=1S/C14H17ClO5/c1-18-8-6-9(19-2)13(20-3)12(15)11(8)14(4-5-14)7-10(16)17/h6H,4-5,7H2,1-3H3,(H,16,17). The van der Waals surface area contributed by atoms with Gasteiger partial charge < -0.3 is 19.3 Å². The largest absolute Gasteiger partial charge is 0.496 e. The van der Waals surface area contributed by atoms with Crippen LogP contribution in [0.1, 0.15) is 24.8 Å². The Balaban J connectivity index is 2.60. The minimum atomic E-state index is -0.851. The Hall–Kier alpha value is -1.62. The number of carboxylic acids is 1. The molecule has 1 N–H and O–H groups in total. The van der Waals surface area contributed by atoms with Crippen LogP contribution in [0.4, 0.5) is 0 Å². The van der Waals surface area contributed by atoms with Crippen LogP contribution in [-0.2, 0) is 10.2 Å². The molecule has 1 aliphatic rings. The molecule has 0 unspecified atom stereocenters. The van der Waals surface area contributed by atoms with Crippen LogP contribution in [0, 0.1) is 0 Å². The van der Waals surface area contributed by atoms with Gasteiger partial charge in [-0.1, -0.05) is 11.6 Å². The highest BCUT2D eigenvalue weighted by Gasteiger charge is 2.50. The maximum Gasteiger partial charge on any atom is 0.304 e. The number of hydrogen-bond acceptors (Lipinski definition) is 4. The Bertz CT molecular complexity index is 537. The van der Waals surface area contributed by atoms with Gasteiger partial charge in [0.05, 0.1) is 32.8 Å². The third kappa shape index (κ3) is 2.38. The number of hydrogen-bond donors (Lipinski definition) is 1. The average molecular weight is 301 g/mol. The fraction of sp³-hybridized carbons (Fsp3) is 0.500. The molecule has 20 heavy (non-hydrogen) atoms. The van der Waals surface area contributed by atoms with Gasteiger partial charge in [-0.3, -0.25) is 4.79 Å². The van der Waals surface area contributed by atoms with E-state index in [1.54, 1.807) is 6.07 Å². The van der Waals surface area contributed by atoms with Gasteiger partial charge in [-0.2, -0.15) is 0 Å². The van der Waals surface area contributed by atoms with E-state index in [1.807, 2.05) is 0 Å². The number of halogens is 1. The van der Waals surface area contributed by atoms with Crippen LogP contribution in [0.3, 0.4) is 0 Å². The van der Waals surface area contributed by atoms with Gasteiger partial charge in [0, 0.05) is 17.0 Å². The van der Waals surface area contributed by atoms with Crippen LogP contribution in [0.5, 0.6) is 17.2 Å². The molecular weight excluding hydrogens is 284 g/mol. The number of methoxy groups -OCH3 is 3. The molecule has 0 aromatic heterocycles. The third-order valence-corrected chi connectivity index (χ3v) is 4.03. The van der Waals surface area contributed by atoms with E-state index in [1.165, 1.54) is 21.3 Å². The van der Waals surface area contributed by atoms with Gasteiger partial charge in [0.2, 0.25) is 0 Å². The summed E-state index contributed by atoms with van der Waals surface area (Å²) in [5.74, 6) is 0.549. The molecule has 6 heteroatoms. The van der Waals surface area contributed by atoms with Crippen molar-refractivity contribution in [1.82, 2.24) is 0 Å². The molecule has 0 spiro atoms. The zero-order valence-electron chi connectivity index (χ0n) is 11.7. The second-order valence-corrected chi connectivity index (χ2v) is 5.23. The van der Waals surface area contributed by atoms with E-state index in [0.717, 1.165) is 12.8 Å². The molecule has 0 atom stereocenters. The molecule has 1 aliphatic carbocycles. The summed E-state index contributed by atoms with van der Waals surface area (Å²) in [6.07, 6.45) is 1.56. The Morgan fingerprint density at radius 3 is 2.25 bits per heavy atom. The van der Waals surface area contributed by atoms with Crippen LogP contribution in [0.25, 0.3) is 0 Å². The molecule has 0 heterocycles. The molecule has 0 bridgehead atoms. The first-order valence-electron chi connectivity index (χ1n) is 6.20. The average Bonchev–Trinajstić information content (AvgIpc) is 3.16. The van der Waals surface area contributed by atoms with Crippen molar-refractivity contribution in [3.05, 3.63) is 16.7 Å². The fourth-order valence-corrected chi connectivity index (χ4v) is 3.00. The van der Waals surface area contributed by atoms with Gasteiger partial charge in [-0.15, -0.1) is 0 Å². The first-order chi connectivity index (χ1) is 9.49. The quantitative estimate of drug-likeness (QED) is 0.875. The minimum Gasteiger partial charge on any atom is -0.496 e. The van der Waals surface area contributed by atoms with Gasteiger partial charge in [0.25, 0.3) is 0 Å². The molecule has 0 radical (unpaired) electrons. The maximum atomic E-state index is 11.1. The third-order valence-electron chi connectivity index (χ3n) is 3.67.